The normalized spacial score (nSPS) is 14.2. The number of nitrogens with one attached hydrogen (secondary N) is 1. The van der Waals surface area contributed by atoms with E-state index in [0.29, 0.717) is 12.0 Å². The van der Waals surface area contributed by atoms with Gasteiger partial charge in [0.15, 0.2) is 0 Å². The molecule has 1 aromatic carbocycles. The predicted octanol–water partition coefficient (Wildman–Crippen LogP) is 4.58. The molecule has 2 nitrogen and oxygen atoms in total. The zero-order valence-electron chi connectivity index (χ0n) is 12.6. The van der Waals surface area contributed by atoms with E-state index in [-0.39, 0.29) is 0 Å². The minimum atomic E-state index is 0.363. The van der Waals surface area contributed by atoms with Crippen LogP contribution in [-0.4, -0.2) is 26.3 Å². The molecule has 2 atom stereocenters. The predicted molar refractivity (Wildman–Crippen MR) is 87.9 cm³/mol. The van der Waals surface area contributed by atoms with Gasteiger partial charge in [0.1, 0.15) is 0 Å². The average Bonchev–Trinajstić information content (AvgIpc) is 2.43. The van der Waals surface area contributed by atoms with Crippen LogP contribution < -0.4 is 5.32 Å². The van der Waals surface area contributed by atoms with E-state index >= 15 is 0 Å². The fourth-order valence-electron chi connectivity index (χ4n) is 2.26. The number of rotatable bonds is 9. The lowest BCUT2D eigenvalue weighted by Crippen LogP contribution is -2.38. The summed E-state index contributed by atoms with van der Waals surface area (Å²) in [7, 11) is 1.74. The van der Waals surface area contributed by atoms with Crippen LogP contribution in [0.2, 0.25) is 10.0 Å². The minimum Gasteiger partial charge on any atom is -0.385 e. The molecule has 0 aliphatic rings. The molecule has 1 rings (SSSR count). The lowest BCUT2D eigenvalue weighted by atomic mass is 9.92. The Morgan fingerprint density at radius 3 is 2.45 bits per heavy atom. The second-order valence-corrected chi connectivity index (χ2v) is 6.04. The summed E-state index contributed by atoms with van der Waals surface area (Å²) in [5.41, 5.74) is 1.04. The van der Waals surface area contributed by atoms with E-state index in [4.69, 9.17) is 27.9 Å². The Morgan fingerprint density at radius 2 is 1.90 bits per heavy atom. The summed E-state index contributed by atoms with van der Waals surface area (Å²) in [5.74, 6) is 0.508. The highest BCUT2D eigenvalue weighted by molar-refractivity contribution is 6.36. The molecule has 114 valence electrons. The number of hydrogen-bond acceptors (Lipinski definition) is 2. The monoisotopic (exact) mass is 317 g/mol. The van der Waals surface area contributed by atoms with Gasteiger partial charge in [0.2, 0.25) is 0 Å². The number of halogens is 2. The van der Waals surface area contributed by atoms with Gasteiger partial charge in [-0.05, 0) is 49.4 Å². The zero-order valence-corrected chi connectivity index (χ0v) is 14.1. The first kappa shape index (κ1) is 17.8. The van der Waals surface area contributed by atoms with Crippen LogP contribution in [0.1, 0.15) is 32.3 Å². The summed E-state index contributed by atoms with van der Waals surface area (Å²) in [5, 5.41) is 5.11. The molecular formula is C16H25Cl2NO. The van der Waals surface area contributed by atoms with Gasteiger partial charge in [0, 0.05) is 29.8 Å². The second kappa shape index (κ2) is 9.62. The molecule has 0 heterocycles. The third-order valence-corrected chi connectivity index (χ3v) is 4.31. The van der Waals surface area contributed by atoms with Gasteiger partial charge in [0.05, 0.1) is 0 Å². The maximum atomic E-state index is 6.28. The molecule has 2 unspecified atom stereocenters. The molecule has 0 aliphatic carbocycles. The maximum Gasteiger partial charge on any atom is 0.0465 e. The van der Waals surface area contributed by atoms with Gasteiger partial charge >= 0.3 is 0 Å². The van der Waals surface area contributed by atoms with Crippen molar-refractivity contribution in [1.29, 1.82) is 0 Å². The molecule has 0 saturated carbocycles. The first-order chi connectivity index (χ1) is 9.60. The van der Waals surface area contributed by atoms with Crippen LogP contribution >= 0.6 is 23.2 Å². The van der Waals surface area contributed by atoms with Gasteiger partial charge in [-0.2, -0.15) is 0 Å². The van der Waals surface area contributed by atoms with Gasteiger partial charge in [-0.25, -0.2) is 0 Å². The van der Waals surface area contributed by atoms with Crippen molar-refractivity contribution in [2.24, 2.45) is 5.92 Å². The van der Waals surface area contributed by atoms with Crippen LogP contribution in [0, 0.1) is 5.92 Å². The Morgan fingerprint density at radius 1 is 1.25 bits per heavy atom. The molecule has 0 aliphatic heterocycles. The fraction of sp³-hybridized carbons (Fsp3) is 0.625. The molecule has 0 amide bonds. The van der Waals surface area contributed by atoms with Crippen molar-refractivity contribution in [1.82, 2.24) is 5.32 Å². The lowest BCUT2D eigenvalue weighted by molar-refractivity contribution is 0.170. The summed E-state index contributed by atoms with van der Waals surface area (Å²) in [6, 6.07) is 6.05. The maximum absolute atomic E-state index is 6.28. The molecular weight excluding hydrogens is 293 g/mol. The zero-order chi connectivity index (χ0) is 15.0. The first-order valence-corrected chi connectivity index (χ1v) is 8.00. The van der Waals surface area contributed by atoms with Gasteiger partial charge in [0.25, 0.3) is 0 Å². The SMILES string of the molecule is CCCNC(Cc1c(Cl)cccc1Cl)C(C)CCOC. The number of benzene rings is 1. The molecule has 1 N–H and O–H groups in total. The molecule has 0 spiro atoms. The van der Waals surface area contributed by atoms with Crippen molar-refractivity contribution in [2.45, 2.75) is 39.2 Å². The molecule has 0 saturated heterocycles. The Balaban J connectivity index is 2.77. The smallest absolute Gasteiger partial charge is 0.0465 e. The summed E-state index contributed by atoms with van der Waals surface area (Å²) >= 11 is 12.6. The third kappa shape index (κ3) is 5.61. The fourth-order valence-corrected chi connectivity index (χ4v) is 2.81. The summed E-state index contributed by atoms with van der Waals surface area (Å²) in [6.45, 7) is 6.20. The van der Waals surface area contributed by atoms with Gasteiger partial charge < -0.3 is 10.1 Å². The third-order valence-electron chi connectivity index (χ3n) is 3.61. The highest BCUT2D eigenvalue weighted by atomic mass is 35.5. The number of methoxy groups -OCH3 is 1. The lowest BCUT2D eigenvalue weighted by Gasteiger charge is -2.26. The van der Waals surface area contributed by atoms with Gasteiger partial charge in [-0.15, -0.1) is 0 Å². The van der Waals surface area contributed by atoms with E-state index < -0.39 is 0 Å². The van der Waals surface area contributed by atoms with Crippen LogP contribution in [0.15, 0.2) is 18.2 Å². The highest BCUT2D eigenvalue weighted by Crippen LogP contribution is 2.27. The molecule has 1 aromatic rings. The van der Waals surface area contributed by atoms with Crippen molar-refractivity contribution < 1.29 is 4.74 Å². The van der Waals surface area contributed by atoms with Gasteiger partial charge in [-0.1, -0.05) is 43.1 Å². The molecule has 20 heavy (non-hydrogen) atoms. The molecule has 0 fully saturated rings. The van der Waals surface area contributed by atoms with Crippen molar-refractivity contribution in [3.8, 4) is 0 Å². The number of hydrogen-bond donors (Lipinski definition) is 1. The van der Waals surface area contributed by atoms with E-state index in [9.17, 15) is 0 Å². The largest absolute Gasteiger partial charge is 0.385 e. The first-order valence-electron chi connectivity index (χ1n) is 7.25. The van der Waals surface area contributed by atoms with Crippen LogP contribution in [0.5, 0.6) is 0 Å². The molecule has 0 radical (unpaired) electrons. The van der Waals surface area contributed by atoms with Gasteiger partial charge in [-0.3, -0.25) is 0 Å². The Labute approximate surface area is 132 Å². The summed E-state index contributed by atoms with van der Waals surface area (Å²) < 4.78 is 5.18. The highest BCUT2D eigenvalue weighted by Gasteiger charge is 2.19. The van der Waals surface area contributed by atoms with E-state index in [2.05, 4.69) is 19.2 Å². The van der Waals surface area contributed by atoms with Crippen molar-refractivity contribution >= 4 is 23.2 Å². The van der Waals surface area contributed by atoms with Crippen LogP contribution in [-0.2, 0) is 11.2 Å². The van der Waals surface area contributed by atoms with Crippen LogP contribution in [0.4, 0.5) is 0 Å². The Bertz CT molecular complexity index is 378. The molecule has 0 aromatic heterocycles. The van der Waals surface area contributed by atoms with Crippen LogP contribution in [0.3, 0.4) is 0 Å². The van der Waals surface area contributed by atoms with E-state index in [0.717, 1.165) is 48.0 Å². The average molecular weight is 318 g/mol. The van der Waals surface area contributed by atoms with E-state index in [1.54, 1.807) is 7.11 Å². The Hall–Kier alpha value is -0.280. The van der Waals surface area contributed by atoms with E-state index in [1.165, 1.54) is 0 Å². The summed E-state index contributed by atoms with van der Waals surface area (Å²) in [6.07, 6.45) is 2.99. The van der Waals surface area contributed by atoms with Crippen LogP contribution in [0.25, 0.3) is 0 Å². The van der Waals surface area contributed by atoms with Crippen molar-refractivity contribution in [3.05, 3.63) is 33.8 Å². The second-order valence-electron chi connectivity index (χ2n) is 5.22. The topological polar surface area (TPSA) is 21.3 Å². The quantitative estimate of drug-likeness (QED) is 0.720. The molecule has 4 heteroatoms. The number of ether oxygens (including phenoxy) is 1. The molecule has 0 bridgehead atoms. The summed E-state index contributed by atoms with van der Waals surface area (Å²) in [4.78, 5) is 0. The van der Waals surface area contributed by atoms with Crippen molar-refractivity contribution in [3.63, 3.8) is 0 Å². The standard InChI is InChI=1S/C16H25Cl2NO/c1-4-9-19-16(12(2)8-10-20-3)11-13-14(17)6-5-7-15(13)18/h5-7,12,16,19H,4,8-11H2,1-3H3. The van der Waals surface area contributed by atoms with Crippen molar-refractivity contribution in [2.75, 3.05) is 20.3 Å². The minimum absolute atomic E-state index is 0.363. The Kier molecular flexibility index (Phi) is 8.55. The van der Waals surface area contributed by atoms with E-state index in [1.807, 2.05) is 18.2 Å².